The molecule has 1 heteroatoms. The molecule has 0 atom stereocenters. The van der Waals surface area contributed by atoms with Gasteiger partial charge in [0.2, 0.25) is 0 Å². The lowest BCUT2D eigenvalue weighted by Crippen LogP contribution is -2.42. The van der Waals surface area contributed by atoms with Gasteiger partial charge in [-0.15, -0.1) is 0 Å². The highest BCUT2D eigenvalue weighted by Gasteiger charge is 2.68. The van der Waals surface area contributed by atoms with E-state index in [1.807, 2.05) is 0 Å². The first-order valence-corrected chi connectivity index (χ1v) is 8.84. The second kappa shape index (κ2) is 4.45. The van der Waals surface area contributed by atoms with Crippen molar-refractivity contribution < 1.29 is 4.48 Å². The minimum atomic E-state index is 0.503. The van der Waals surface area contributed by atoms with Gasteiger partial charge < -0.3 is 4.48 Å². The first-order valence-electron chi connectivity index (χ1n) is 8.84. The Hall–Kier alpha value is -1.60. The average Bonchev–Trinajstić information content (AvgIpc) is 3.17. The molecule has 5 rings (SSSR count). The van der Waals surface area contributed by atoms with Crippen LogP contribution in [-0.2, 0) is 12.8 Å². The fourth-order valence-electron chi connectivity index (χ4n) is 5.37. The zero-order chi connectivity index (χ0) is 14.6. The van der Waals surface area contributed by atoms with E-state index in [9.17, 15) is 0 Å². The van der Waals surface area contributed by atoms with Gasteiger partial charge in [0.15, 0.2) is 5.54 Å². The fourth-order valence-corrected chi connectivity index (χ4v) is 5.37. The molecule has 1 aliphatic carbocycles. The molecule has 112 valence electrons. The maximum Gasteiger partial charge on any atom is 0.157 e. The molecule has 0 bridgehead atoms. The lowest BCUT2D eigenvalue weighted by atomic mass is 9.93. The zero-order valence-corrected chi connectivity index (χ0v) is 13.2. The molecule has 2 aromatic rings. The van der Waals surface area contributed by atoms with Gasteiger partial charge in [-0.05, 0) is 41.5 Å². The lowest BCUT2D eigenvalue weighted by molar-refractivity contribution is -0.835. The summed E-state index contributed by atoms with van der Waals surface area (Å²) in [5.74, 6) is 0. The summed E-state index contributed by atoms with van der Waals surface area (Å²) < 4.78 is 1.41. The van der Waals surface area contributed by atoms with Crippen LogP contribution in [-0.4, -0.2) is 29.7 Å². The number of hydrogen-bond acceptors (Lipinski definition) is 0. The molecule has 2 aliphatic heterocycles. The van der Waals surface area contributed by atoms with Gasteiger partial charge in [-0.1, -0.05) is 48.5 Å². The molecule has 0 radical (unpaired) electrons. The molecule has 1 nitrogen and oxygen atoms in total. The van der Waals surface area contributed by atoms with Crippen LogP contribution in [0.3, 0.4) is 0 Å². The van der Waals surface area contributed by atoms with Crippen molar-refractivity contribution in [1.82, 2.24) is 0 Å². The largest absolute Gasteiger partial charge is 0.308 e. The third-order valence-electron chi connectivity index (χ3n) is 6.54. The van der Waals surface area contributed by atoms with E-state index < -0.39 is 0 Å². The molecule has 0 saturated carbocycles. The molecular formula is C21H24N+. The number of benzene rings is 2. The Labute approximate surface area is 133 Å². The van der Waals surface area contributed by atoms with E-state index in [0.717, 1.165) is 0 Å². The van der Waals surface area contributed by atoms with Gasteiger partial charge in [0, 0.05) is 12.8 Å². The highest BCUT2D eigenvalue weighted by molar-refractivity contribution is 5.72. The third-order valence-corrected chi connectivity index (χ3v) is 6.54. The van der Waals surface area contributed by atoms with E-state index in [0.29, 0.717) is 5.54 Å². The molecule has 2 saturated heterocycles. The number of fused-ring (bicyclic) bond motifs is 4. The average molecular weight is 290 g/mol. The Morgan fingerprint density at radius 2 is 1.23 bits per heavy atom. The maximum atomic E-state index is 2.37. The second-order valence-corrected chi connectivity index (χ2v) is 7.70. The summed E-state index contributed by atoms with van der Waals surface area (Å²) in [6, 6.07) is 18.3. The summed E-state index contributed by atoms with van der Waals surface area (Å²) >= 11 is 0. The number of quaternary nitrogens is 1. The molecule has 0 amide bonds. The molecule has 0 N–H and O–H groups in total. The second-order valence-electron chi connectivity index (χ2n) is 7.70. The van der Waals surface area contributed by atoms with E-state index in [2.05, 4.69) is 48.5 Å². The van der Waals surface area contributed by atoms with Crippen LogP contribution in [0.4, 0.5) is 0 Å². The molecule has 2 fully saturated rings. The minimum Gasteiger partial charge on any atom is -0.308 e. The highest BCUT2D eigenvalue weighted by Crippen LogP contribution is 2.53. The summed E-state index contributed by atoms with van der Waals surface area (Å²) in [6.07, 6.45) is 6.87. The summed E-state index contributed by atoms with van der Waals surface area (Å²) in [5, 5.41) is 0. The molecule has 22 heavy (non-hydrogen) atoms. The van der Waals surface area contributed by atoms with Crippen LogP contribution >= 0.6 is 0 Å². The van der Waals surface area contributed by atoms with E-state index in [-0.39, 0.29) is 0 Å². The molecule has 2 spiro atoms. The Bertz CT molecular complexity index is 677. The normalized spacial score (nSPS) is 23.6. The number of rotatable bonds is 0. The third kappa shape index (κ3) is 1.69. The van der Waals surface area contributed by atoms with Crippen molar-refractivity contribution >= 4 is 0 Å². The Balaban J connectivity index is 1.65. The molecule has 3 aliphatic rings. The van der Waals surface area contributed by atoms with Crippen molar-refractivity contribution in [3.63, 3.8) is 0 Å². The Kier molecular flexibility index (Phi) is 2.61. The van der Waals surface area contributed by atoms with Gasteiger partial charge in [-0.2, -0.15) is 0 Å². The predicted molar refractivity (Wildman–Crippen MR) is 90.7 cm³/mol. The van der Waals surface area contributed by atoms with Crippen LogP contribution in [0.25, 0.3) is 11.1 Å². The summed E-state index contributed by atoms with van der Waals surface area (Å²) in [7, 11) is 0. The predicted octanol–water partition coefficient (Wildman–Crippen LogP) is 4.21. The van der Waals surface area contributed by atoms with Crippen LogP contribution in [0.5, 0.6) is 0 Å². The SMILES string of the molecule is c1ccc2c(c1)CC1(Cc3ccccc3-2)C[N+]12CCCCC2. The topological polar surface area (TPSA) is 0 Å². The smallest absolute Gasteiger partial charge is 0.157 e. The first kappa shape index (κ1) is 12.9. The quantitative estimate of drug-likeness (QED) is 0.504. The van der Waals surface area contributed by atoms with Crippen LogP contribution < -0.4 is 0 Å². The van der Waals surface area contributed by atoms with Crippen molar-refractivity contribution in [1.29, 1.82) is 0 Å². The monoisotopic (exact) mass is 290 g/mol. The van der Waals surface area contributed by atoms with Crippen molar-refractivity contribution in [2.24, 2.45) is 0 Å². The van der Waals surface area contributed by atoms with Crippen molar-refractivity contribution in [2.75, 3.05) is 19.6 Å². The minimum absolute atomic E-state index is 0.503. The Morgan fingerprint density at radius 3 is 1.82 bits per heavy atom. The summed E-state index contributed by atoms with van der Waals surface area (Å²) in [4.78, 5) is 0. The molecule has 2 aromatic carbocycles. The van der Waals surface area contributed by atoms with Crippen LogP contribution in [0, 0.1) is 0 Å². The Morgan fingerprint density at radius 1 is 0.682 bits per heavy atom. The van der Waals surface area contributed by atoms with Gasteiger partial charge in [-0.3, -0.25) is 0 Å². The van der Waals surface area contributed by atoms with E-state index in [4.69, 9.17) is 0 Å². The van der Waals surface area contributed by atoms with E-state index >= 15 is 0 Å². The number of hydrogen-bond donors (Lipinski definition) is 0. The van der Waals surface area contributed by atoms with Crippen molar-refractivity contribution in [3.05, 3.63) is 59.7 Å². The van der Waals surface area contributed by atoms with Crippen molar-refractivity contribution in [3.8, 4) is 11.1 Å². The van der Waals surface area contributed by atoms with Gasteiger partial charge in [-0.25, -0.2) is 0 Å². The molecular weight excluding hydrogens is 266 g/mol. The highest BCUT2D eigenvalue weighted by atomic mass is 15.5. The molecule has 2 heterocycles. The van der Waals surface area contributed by atoms with E-state index in [1.54, 1.807) is 11.1 Å². The van der Waals surface area contributed by atoms with E-state index in [1.165, 1.54) is 67.3 Å². The molecule has 0 aromatic heterocycles. The zero-order valence-electron chi connectivity index (χ0n) is 13.2. The van der Waals surface area contributed by atoms with Gasteiger partial charge in [0.25, 0.3) is 0 Å². The first-order chi connectivity index (χ1) is 10.8. The fraction of sp³-hybridized carbons (Fsp3) is 0.429. The number of nitrogens with zero attached hydrogens (tertiary/aromatic N) is 1. The summed E-state index contributed by atoms with van der Waals surface area (Å²) in [5.41, 5.74) is 6.62. The maximum absolute atomic E-state index is 2.37. The van der Waals surface area contributed by atoms with Crippen molar-refractivity contribution in [2.45, 2.75) is 37.6 Å². The number of piperidine rings is 1. The molecule has 0 unspecified atom stereocenters. The standard InChI is InChI=1S/C21H24N/c1-6-12-22(13-7-1)16-21(22)14-17-8-2-4-10-19(17)20-11-5-3-9-18(20)15-21/h2-5,8-11H,1,6-7,12-16H2/q+1. The van der Waals surface area contributed by atoms with Crippen LogP contribution in [0.1, 0.15) is 30.4 Å². The van der Waals surface area contributed by atoms with Gasteiger partial charge in [0.1, 0.15) is 6.54 Å². The van der Waals surface area contributed by atoms with Gasteiger partial charge in [0.05, 0.1) is 13.1 Å². The van der Waals surface area contributed by atoms with Crippen LogP contribution in [0.2, 0.25) is 0 Å². The van der Waals surface area contributed by atoms with Crippen LogP contribution in [0.15, 0.2) is 48.5 Å². The summed E-state index contributed by atoms with van der Waals surface area (Å²) in [6.45, 7) is 4.25. The van der Waals surface area contributed by atoms with Gasteiger partial charge >= 0.3 is 0 Å². The lowest BCUT2D eigenvalue weighted by Gasteiger charge is -2.30.